The van der Waals surface area contributed by atoms with Crippen molar-refractivity contribution in [3.63, 3.8) is 0 Å². The number of nitriles is 1. The Kier molecular flexibility index (Phi) is 5.73. The van der Waals surface area contributed by atoms with Crippen LogP contribution in [0.25, 0.3) is 10.9 Å². The molecule has 4 aromatic rings. The Morgan fingerprint density at radius 2 is 1.94 bits per heavy atom. The van der Waals surface area contributed by atoms with Crippen molar-refractivity contribution < 1.29 is 4.79 Å². The van der Waals surface area contributed by atoms with Crippen LogP contribution in [0, 0.1) is 18.3 Å². The van der Waals surface area contributed by atoms with Crippen molar-refractivity contribution in [1.29, 1.82) is 5.26 Å². The monoisotopic (exact) mass is 423 g/mol. The Morgan fingerprint density at radius 3 is 2.62 bits per heavy atom. The Bertz CT molecular complexity index is 1310. The minimum absolute atomic E-state index is 0.188. The first-order valence-corrected chi connectivity index (χ1v) is 10.1. The van der Waals surface area contributed by atoms with Gasteiger partial charge >= 0.3 is 0 Å². The third-order valence-electron chi connectivity index (χ3n) is 5.27. The fourth-order valence-corrected chi connectivity index (χ4v) is 3.40. The van der Waals surface area contributed by atoms with E-state index in [1.54, 1.807) is 47.6 Å². The van der Waals surface area contributed by atoms with Crippen LogP contribution in [-0.2, 0) is 6.54 Å². The normalized spacial score (nSPS) is 11.7. The van der Waals surface area contributed by atoms with Crippen LogP contribution >= 0.6 is 0 Å². The average Bonchev–Trinajstić information content (AvgIpc) is 2.83. The molecule has 3 heterocycles. The number of carbonyl (C=O) groups is 1. The topological polar surface area (TPSA) is 122 Å². The minimum Gasteiger partial charge on any atom is -0.383 e. The first-order valence-electron chi connectivity index (χ1n) is 10.1. The van der Waals surface area contributed by atoms with E-state index < -0.39 is 6.04 Å². The summed E-state index contributed by atoms with van der Waals surface area (Å²) in [5, 5.41) is 9.86. The molecule has 0 unspecified atom stereocenters. The quantitative estimate of drug-likeness (QED) is 0.520. The van der Waals surface area contributed by atoms with Gasteiger partial charge in [0, 0.05) is 29.5 Å². The summed E-state index contributed by atoms with van der Waals surface area (Å²) in [7, 11) is 0. The second-order valence-electron chi connectivity index (χ2n) is 7.46. The first-order chi connectivity index (χ1) is 15.5. The SMILES string of the molecule is Cc1cc2cc(C(=O)N(Cc3ccc(C#N)cn3)[C@H](C)c3ncccn3)ccc2nc1N. The number of nitrogens with zero attached hydrogens (tertiary/aromatic N) is 6. The number of benzene rings is 1. The number of fused-ring (bicyclic) bond motifs is 1. The highest BCUT2D eigenvalue weighted by atomic mass is 16.2. The molecule has 0 spiro atoms. The van der Waals surface area contributed by atoms with Crippen LogP contribution < -0.4 is 5.73 Å². The van der Waals surface area contributed by atoms with E-state index in [1.165, 1.54) is 6.20 Å². The van der Waals surface area contributed by atoms with Gasteiger partial charge in [-0.25, -0.2) is 15.0 Å². The molecule has 1 amide bonds. The summed E-state index contributed by atoms with van der Waals surface area (Å²) in [5.74, 6) is 0.813. The number of rotatable bonds is 5. The van der Waals surface area contributed by atoms with Crippen LogP contribution in [0.2, 0.25) is 0 Å². The lowest BCUT2D eigenvalue weighted by molar-refractivity contribution is 0.0663. The summed E-state index contributed by atoms with van der Waals surface area (Å²) in [4.78, 5) is 32.7. The molecule has 2 N–H and O–H groups in total. The third-order valence-corrected chi connectivity index (χ3v) is 5.27. The summed E-state index contributed by atoms with van der Waals surface area (Å²) >= 11 is 0. The van der Waals surface area contributed by atoms with E-state index in [9.17, 15) is 4.79 Å². The number of aryl methyl sites for hydroxylation is 1. The highest BCUT2D eigenvalue weighted by molar-refractivity contribution is 5.98. The van der Waals surface area contributed by atoms with E-state index in [1.807, 2.05) is 26.0 Å². The summed E-state index contributed by atoms with van der Waals surface area (Å²) < 4.78 is 0. The van der Waals surface area contributed by atoms with Gasteiger partial charge in [-0.2, -0.15) is 5.26 Å². The van der Waals surface area contributed by atoms with Gasteiger partial charge in [-0.05, 0) is 61.9 Å². The summed E-state index contributed by atoms with van der Waals surface area (Å²) in [6, 6.07) is 14.1. The zero-order valence-corrected chi connectivity index (χ0v) is 17.7. The zero-order valence-electron chi connectivity index (χ0n) is 17.7. The fraction of sp³-hybridized carbons (Fsp3) is 0.167. The molecule has 4 rings (SSSR count). The van der Waals surface area contributed by atoms with E-state index in [0.717, 1.165) is 16.5 Å². The molecular formula is C24H21N7O. The highest BCUT2D eigenvalue weighted by Gasteiger charge is 2.25. The van der Waals surface area contributed by atoms with Gasteiger partial charge in [-0.15, -0.1) is 0 Å². The van der Waals surface area contributed by atoms with Gasteiger partial charge in [0.25, 0.3) is 5.91 Å². The van der Waals surface area contributed by atoms with Crippen molar-refractivity contribution in [2.75, 3.05) is 5.73 Å². The fourth-order valence-electron chi connectivity index (χ4n) is 3.40. The number of amides is 1. The van der Waals surface area contributed by atoms with Gasteiger partial charge in [-0.3, -0.25) is 9.78 Å². The Balaban J connectivity index is 1.72. The molecule has 0 saturated heterocycles. The maximum absolute atomic E-state index is 13.6. The second kappa shape index (κ2) is 8.78. The van der Waals surface area contributed by atoms with Crippen LogP contribution in [0.15, 0.2) is 61.1 Å². The number of anilines is 1. The molecule has 158 valence electrons. The molecule has 8 nitrogen and oxygen atoms in total. The molecule has 0 aliphatic carbocycles. The molecule has 1 aromatic carbocycles. The van der Waals surface area contributed by atoms with E-state index >= 15 is 0 Å². The molecule has 0 saturated carbocycles. The number of pyridine rings is 2. The summed E-state index contributed by atoms with van der Waals surface area (Å²) in [6.45, 7) is 4.00. The molecule has 1 atom stereocenters. The van der Waals surface area contributed by atoms with E-state index in [0.29, 0.717) is 28.5 Å². The van der Waals surface area contributed by atoms with Crippen molar-refractivity contribution >= 4 is 22.6 Å². The van der Waals surface area contributed by atoms with Crippen LogP contribution in [-0.4, -0.2) is 30.7 Å². The molecule has 8 heteroatoms. The van der Waals surface area contributed by atoms with E-state index in [-0.39, 0.29) is 12.5 Å². The predicted octanol–water partition coefficient (Wildman–Crippen LogP) is 3.59. The van der Waals surface area contributed by atoms with Gasteiger partial charge in [0.05, 0.1) is 29.4 Å². The van der Waals surface area contributed by atoms with Crippen LogP contribution in [0.4, 0.5) is 5.82 Å². The van der Waals surface area contributed by atoms with Gasteiger partial charge in [-0.1, -0.05) is 0 Å². The maximum Gasteiger partial charge on any atom is 0.254 e. The van der Waals surface area contributed by atoms with Crippen LogP contribution in [0.3, 0.4) is 0 Å². The number of nitrogens with two attached hydrogens (primary N) is 1. The second-order valence-corrected chi connectivity index (χ2v) is 7.46. The lowest BCUT2D eigenvalue weighted by Crippen LogP contribution is -2.34. The summed E-state index contributed by atoms with van der Waals surface area (Å²) in [6.07, 6.45) is 4.79. The van der Waals surface area contributed by atoms with Crippen molar-refractivity contribution in [2.24, 2.45) is 0 Å². The van der Waals surface area contributed by atoms with Crippen LogP contribution in [0.1, 0.15) is 46.0 Å². The zero-order chi connectivity index (χ0) is 22.7. The van der Waals surface area contributed by atoms with Gasteiger partial charge in [0.1, 0.15) is 17.7 Å². The van der Waals surface area contributed by atoms with Crippen molar-refractivity contribution in [1.82, 2.24) is 24.8 Å². The minimum atomic E-state index is -0.400. The number of nitrogen functional groups attached to an aromatic ring is 1. The van der Waals surface area contributed by atoms with E-state index in [2.05, 4.69) is 26.0 Å². The Morgan fingerprint density at radius 1 is 1.16 bits per heavy atom. The third kappa shape index (κ3) is 4.23. The molecule has 3 aromatic heterocycles. The number of carbonyl (C=O) groups excluding carboxylic acids is 1. The van der Waals surface area contributed by atoms with Gasteiger partial charge in [0.2, 0.25) is 0 Å². The molecule has 0 fully saturated rings. The maximum atomic E-state index is 13.6. The number of hydrogen-bond donors (Lipinski definition) is 1. The largest absolute Gasteiger partial charge is 0.383 e. The van der Waals surface area contributed by atoms with E-state index in [4.69, 9.17) is 11.0 Å². The van der Waals surface area contributed by atoms with Crippen LogP contribution in [0.5, 0.6) is 0 Å². The molecule has 32 heavy (non-hydrogen) atoms. The molecule has 0 radical (unpaired) electrons. The average molecular weight is 423 g/mol. The summed E-state index contributed by atoms with van der Waals surface area (Å²) in [5.41, 5.74) is 9.13. The van der Waals surface area contributed by atoms with Crippen molar-refractivity contribution in [3.8, 4) is 6.07 Å². The predicted molar refractivity (Wildman–Crippen MR) is 120 cm³/mol. The standard InChI is InChI=1S/C24H21N7O/c1-15-10-19-11-18(5-7-21(19)30-22(15)26)24(32)31(16(2)23-27-8-3-9-28-23)14-20-6-4-17(12-25)13-29-20/h3-11,13,16H,14H2,1-2H3,(H2,26,30)/t16-/m1/s1. The first kappa shape index (κ1) is 20.9. The Hall–Kier alpha value is -4.38. The number of hydrogen-bond acceptors (Lipinski definition) is 7. The molecule has 0 aliphatic rings. The molecule has 0 aliphatic heterocycles. The highest BCUT2D eigenvalue weighted by Crippen LogP contribution is 2.24. The van der Waals surface area contributed by atoms with Crippen molar-refractivity contribution in [3.05, 3.63) is 89.3 Å². The molecular weight excluding hydrogens is 402 g/mol. The lowest BCUT2D eigenvalue weighted by atomic mass is 10.1. The number of aromatic nitrogens is 4. The Labute approximate surface area is 185 Å². The van der Waals surface area contributed by atoms with Gasteiger partial charge < -0.3 is 10.6 Å². The molecule has 0 bridgehead atoms. The van der Waals surface area contributed by atoms with Gasteiger partial charge in [0.15, 0.2) is 0 Å². The smallest absolute Gasteiger partial charge is 0.254 e. The van der Waals surface area contributed by atoms with Crippen molar-refractivity contribution in [2.45, 2.75) is 26.4 Å². The lowest BCUT2D eigenvalue weighted by Gasteiger charge is -2.28.